The zero-order valence-electron chi connectivity index (χ0n) is 13.2. The molecule has 1 aliphatic carbocycles. The molecule has 0 saturated heterocycles. The van der Waals surface area contributed by atoms with Crippen LogP contribution in [-0.2, 0) is 0 Å². The largest absolute Gasteiger partial charge is 0.489 e. The summed E-state index contributed by atoms with van der Waals surface area (Å²) in [4.78, 5) is 0. The Morgan fingerprint density at radius 1 is 1.14 bits per heavy atom. The first-order valence-electron chi connectivity index (χ1n) is 8.07. The van der Waals surface area contributed by atoms with Crippen molar-refractivity contribution in [2.45, 2.75) is 45.8 Å². The molecule has 1 saturated carbocycles. The van der Waals surface area contributed by atoms with Crippen LogP contribution in [0.5, 0.6) is 5.75 Å². The van der Waals surface area contributed by atoms with E-state index in [-0.39, 0.29) is 5.41 Å². The van der Waals surface area contributed by atoms with Crippen molar-refractivity contribution in [3.05, 3.63) is 42.5 Å². The van der Waals surface area contributed by atoms with Gasteiger partial charge in [0.25, 0.3) is 0 Å². The fourth-order valence-corrected chi connectivity index (χ4v) is 3.49. The van der Waals surface area contributed by atoms with Gasteiger partial charge in [0.1, 0.15) is 11.9 Å². The zero-order valence-corrected chi connectivity index (χ0v) is 13.2. The maximum atomic E-state index is 6.41. The van der Waals surface area contributed by atoms with Crippen LogP contribution < -0.4 is 10.1 Å². The molecule has 2 aromatic carbocycles. The molecule has 0 amide bonds. The van der Waals surface area contributed by atoms with Crippen LogP contribution in [0.3, 0.4) is 0 Å². The van der Waals surface area contributed by atoms with Crippen LogP contribution in [0, 0.1) is 5.41 Å². The minimum atomic E-state index is 0.229. The average Bonchev–Trinajstić information content (AvgIpc) is 2.53. The van der Waals surface area contributed by atoms with Crippen molar-refractivity contribution in [1.29, 1.82) is 0 Å². The Bertz CT molecular complexity index is 618. The van der Waals surface area contributed by atoms with Crippen LogP contribution in [0.4, 0.5) is 0 Å². The Kier molecular flexibility index (Phi) is 3.90. The zero-order chi connectivity index (χ0) is 14.9. The molecule has 3 unspecified atom stereocenters. The lowest BCUT2D eigenvalue weighted by molar-refractivity contribution is -0.0689. The standard InChI is InChI=1S/C19H25NO/c1-4-19(3)17(20-5-2)13-18(19)21-16-12-8-10-14-9-6-7-11-15(14)16/h6-12,17-18,20H,4-5,13H2,1-3H3. The van der Waals surface area contributed by atoms with E-state index in [9.17, 15) is 0 Å². The topological polar surface area (TPSA) is 21.3 Å². The highest BCUT2D eigenvalue weighted by Gasteiger charge is 2.51. The fraction of sp³-hybridized carbons (Fsp3) is 0.474. The number of hydrogen-bond donors (Lipinski definition) is 1. The minimum Gasteiger partial charge on any atom is -0.489 e. The molecular formula is C19H25NO. The van der Waals surface area contributed by atoms with E-state index >= 15 is 0 Å². The van der Waals surface area contributed by atoms with Gasteiger partial charge in [-0.1, -0.05) is 57.2 Å². The van der Waals surface area contributed by atoms with Gasteiger partial charge in [-0.15, -0.1) is 0 Å². The Balaban J connectivity index is 1.83. The van der Waals surface area contributed by atoms with Gasteiger partial charge in [-0.25, -0.2) is 0 Å². The Morgan fingerprint density at radius 3 is 2.67 bits per heavy atom. The number of benzene rings is 2. The summed E-state index contributed by atoms with van der Waals surface area (Å²) in [6.07, 6.45) is 2.54. The van der Waals surface area contributed by atoms with Crippen LogP contribution in [0.1, 0.15) is 33.6 Å². The summed E-state index contributed by atoms with van der Waals surface area (Å²) in [5.41, 5.74) is 0.229. The van der Waals surface area contributed by atoms with Gasteiger partial charge in [-0.3, -0.25) is 0 Å². The maximum Gasteiger partial charge on any atom is 0.127 e. The highest BCUT2D eigenvalue weighted by atomic mass is 16.5. The van der Waals surface area contributed by atoms with E-state index in [0.717, 1.165) is 25.1 Å². The number of nitrogens with one attached hydrogen (secondary N) is 1. The summed E-state index contributed by atoms with van der Waals surface area (Å²) in [6, 6.07) is 15.3. The molecule has 2 heteroatoms. The van der Waals surface area contributed by atoms with Crippen molar-refractivity contribution in [2.24, 2.45) is 5.41 Å². The normalized spacial score (nSPS) is 28.3. The molecule has 1 fully saturated rings. The molecule has 2 nitrogen and oxygen atoms in total. The summed E-state index contributed by atoms with van der Waals surface area (Å²) in [5.74, 6) is 1.02. The summed E-state index contributed by atoms with van der Waals surface area (Å²) in [5, 5.41) is 6.06. The van der Waals surface area contributed by atoms with Crippen molar-refractivity contribution in [1.82, 2.24) is 5.32 Å². The van der Waals surface area contributed by atoms with E-state index in [1.807, 2.05) is 0 Å². The van der Waals surface area contributed by atoms with E-state index in [1.54, 1.807) is 0 Å². The maximum absolute atomic E-state index is 6.41. The third-order valence-electron chi connectivity index (χ3n) is 5.21. The second-order valence-electron chi connectivity index (χ2n) is 6.29. The van der Waals surface area contributed by atoms with E-state index < -0.39 is 0 Å². The molecular weight excluding hydrogens is 258 g/mol. The Labute approximate surface area is 127 Å². The van der Waals surface area contributed by atoms with E-state index in [2.05, 4.69) is 68.6 Å². The number of fused-ring (bicyclic) bond motifs is 1. The smallest absolute Gasteiger partial charge is 0.127 e. The first-order valence-corrected chi connectivity index (χ1v) is 8.07. The summed E-state index contributed by atoms with van der Waals surface area (Å²) < 4.78 is 6.41. The van der Waals surface area contributed by atoms with Gasteiger partial charge in [0.05, 0.1) is 0 Å². The van der Waals surface area contributed by atoms with Gasteiger partial charge >= 0.3 is 0 Å². The SMILES string of the molecule is CCNC1CC(Oc2cccc3ccccc23)C1(C)CC. The van der Waals surface area contributed by atoms with Crippen LogP contribution >= 0.6 is 0 Å². The third-order valence-corrected chi connectivity index (χ3v) is 5.21. The first-order chi connectivity index (χ1) is 10.2. The summed E-state index contributed by atoms with van der Waals surface area (Å²) >= 11 is 0. The molecule has 0 radical (unpaired) electrons. The molecule has 0 bridgehead atoms. The predicted octanol–water partition coefficient (Wildman–Crippen LogP) is 4.39. The van der Waals surface area contributed by atoms with E-state index in [1.165, 1.54) is 10.8 Å². The molecule has 3 rings (SSSR count). The highest BCUT2D eigenvalue weighted by molar-refractivity contribution is 5.88. The summed E-state index contributed by atoms with van der Waals surface area (Å²) in [7, 11) is 0. The molecule has 2 aromatic rings. The second-order valence-corrected chi connectivity index (χ2v) is 6.29. The quantitative estimate of drug-likeness (QED) is 0.879. The second kappa shape index (κ2) is 5.69. The lowest BCUT2D eigenvalue weighted by atomic mass is 9.61. The molecule has 3 atom stereocenters. The van der Waals surface area contributed by atoms with Crippen molar-refractivity contribution in [3.8, 4) is 5.75 Å². The van der Waals surface area contributed by atoms with Crippen LogP contribution in [-0.4, -0.2) is 18.7 Å². The number of rotatable bonds is 5. The van der Waals surface area contributed by atoms with E-state index in [0.29, 0.717) is 12.1 Å². The lowest BCUT2D eigenvalue weighted by Crippen LogP contribution is -2.63. The number of ether oxygens (including phenoxy) is 1. The Morgan fingerprint density at radius 2 is 1.90 bits per heavy atom. The monoisotopic (exact) mass is 283 g/mol. The molecule has 0 spiro atoms. The summed E-state index contributed by atoms with van der Waals surface area (Å²) in [6.45, 7) is 7.82. The highest BCUT2D eigenvalue weighted by Crippen LogP contribution is 2.46. The van der Waals surface area contributed by atoms with Crippen LogP contribution in [0.2, 0.25) is 0 Å². The van der Waals surface area contributed by atoms with Crippen molar-refractivity contribution < 1.29 is 4.74 Å². The van der Waals surface area contributed by atoms with E-state index in [4.69, 9.17) is 4.74 Å². The minimum absolute atomic E-state index is 0.229. The van der Waals surface area contributed by atoms with Crippen molar-refractivity contribution in [3.63, 3.8) is 0 Å². The van der Waals surface area contributed by atoms with Gasteiger partial charge in [-0.05, 0) is 24.4 Å². The first kappa shape index (κ1) is 14.4. The van der Waals surface area contributed by atoms with Gasteiger partial charge in [0, 0.05) is 23.3 Å². The van der Waals surface area contributed by atoms with Crippen molar-refractivity contribution in [2.75, 3.05) is 6.54 Å². The molecule has 0 aromatic heterocycles. The fourth-order valence-electron chi connectivity index (χ4n) is 3.49. The molecule has 0 heterocycles. The van der Waals surface area contributed by atoms with Gasteiger partial charge in [-0.2, -0.15) is 0 Å². The molecule has 1 N–H and O–H groups in total. The third kappa shape index (κ3) is 2.42. The predicted molar refractivity (Wildman–Crippen MR) is 88.8 cm³/mol. The molecule has 1 aliphatic rings. The molecule has 21 heavy (non-hydrogen) atoms. The molecule has 0 aliphatic heterocycles. The number of hydrogen-bond acceptors (Lipinski definition) is 2. The van der Waals surface area contributed by atoms with Crippen molar-refractivity contribution >= 4 is 10.8 Å². The van der Waals surface area contributed by atoms with Crippen LogP contribution in [0.25, 0.3) is 10.8 Å². The van der Waals surface area contributed by atoms with Gasteiger partial charge < -0.3 is 10.1 Å². The molecule has 112 valence electrons. The lowest BCUT2D eigenvalue weighted by Gasteiger charge is -2.53. The Hall–Kier alpha value is -1.54. The van der Waals surface area contributed by atoms with Crippen LogP contribution in [0.15, 0.2) is 42.5 Å². The van der Waals surface area contributed by atoms with Gasteiger partial charge in [0.2, 0.25) is 0 Å². The van der Waals surface area contributed by atoms with Gasteiger partial charge in [0.15, 0.2) is 0 Å². The average molecular weight is 283 g/mol.